The molecule has 12 nitrogen and oxygen atoms in total. The normalized spacial score (nSPS) is 14.0. The van der Waals surface area contributed by atoms with E-state index in [1.165, 1.54) is 0 Å². The Kier molecular flexibility index (Phi) is 3.87. The fraction of sp³-hybridized carbons (Fsp3) is 0.0556. The molecule has 1 aromatic carbocycles. The zero-order valence-corrected chi connectivity index (χ0v) is 14.5. The van der Waals surface area contributed by atoms with Gasteiger partial charge in [0.2, 0.25) is 0 Å². The lowest BCUT2D eigenvalue weighted by molar-refractivity contribution is 1.01. The van der Waals surface area contributed by atoms with E-state index in [1.807, 2.05) is 11.9 Å². The Labute approximate surface area is 165 Å². The molecule has 134 valence electrons. The van der Waals surface area contributed by atoms with Gasteiger partial charge in [0, 0.05) is 5.87 Å². The molecule has 0 aliphatic carbocycles. The van der Waals surface area contributed by atoms with E-state index in [-0.39, 0.29) is 61.3 Å². The molecule has 1 aliphatic heterocycles. The molecule has 4 rings (SSSR count). The van der Waals surface area contributed by atoms with E-state index in [4.69, 9.17) is 5.41 Å². The summed E-state index contributed by atoms with van der Waals surface area (Å²) in [5.41, 5.74) is -0.872. The molecule has 0 amide bonds. The molecule has 1 atom stereocenters. The van der Waals surface area contributed by atoms with Crippen LogP contribution in [0.1, 0.15) is 17.1 Å². The van der Waals surface area contributed by atoms with Crippen molar-refractivity contribution in [2.24, 2.45) is 9.98 Å². The van der Waals surface area contributed by atoms with Gasteiger partial charge < -0.3 is 0 Å². The van der Waals surface area contributed by atoms with Gasteiger partial charge in [0.15, 0.2) is 34.2 Å². The number of hydrogen-bond donors (Lipinski definition) is 1. The molecule has 1 N–H and O–H groups in total. The first-order chi connectivity index (χ1) is 14.6. The van der Waals surface area contributed by atoms with Crippen LogP contribution in [-0.2, 0) is 0 Å². The molecule has 3 aromatic rings. The maximum Gasteiger partial charge on any atom is 0.189 e. The fourth-order valence-electron chi connectivity index (χ4n) is 2.85. The Morgan fingerprint density at radius 2 is 1.30 bits per heavy atom. The van der Waals surface area contributed by atoms with E-state index in [2.05, 4.69) is 29.9 Å². The van der Waals surface area contributed by atoms with Crippen molar-refractivity contribution in [3.63, 3.8) is 0 Å². The third-order valence-electron chi connectivity index (χ3n) is 4.11. The third-order valence-corrected chi connectivity index (χ3v) is 4.11. The highest BCUT2D eigenvalue weighted by Gasteiger charge is 2.26. The van der Waals surface area contributed by atoms with Crippen molar-refractivity contribution in [3.8, 4) is 30.3 Å². The zero-order chi connectivity index (χ0) is 21.4. The average molecular weight is 386 g/mol. The molecule has 2 aromatic heterocycles. The quantitative estimate of drug-likeness (QED) is 0.378. The lowest BCUT2D eigenvalue weighted by Crippen LogP contribution is -2.26. The van der Waals surface area contributed by atoms with Crippen molar-refractivity contribution in [3.05, 3.63) is 27.8 Å². The molecule has 12 heteroatoms. The summed E-state index contributed by atoms with van der Waals surface area (Å²) in [6.07, 6.45) is 0. The molecule has 3 heterocycles. The van der Waals surface area contributed by atoms with Crippen molar-refractivity contribution in [2.75, 3.05) is 0 Å². The molecule has 0 radical (unpaired) electrons. The summed E-state index contributed by atoms with van der Waals surface area (Å²) in [6.45, 7) is 0. The summed E-state index contributed by atoms with van der Waals surface area (Å²) in [5.74, 6) is 2.00. The third kappa shape index (κ3) is 2.33. The minimum Gasteiger partial charge on any atom is -0.257 e. The number of fused-ring (bicyclic) bond motifs is 6. The van der Waals surface area contributed by atoms with Crippen LogP contribution < -0.4 is 10.7 Å². The molecule has 0 fully saturated rings. The van der Waals surface area contributed by atoms with Crippen molar-refractivity contribution in [1.82, 2.24) is 19.9 Å². The van der Waals surface area contributed by atoms with Gasteiger partial charge in [-0.2, -0.15) is 26.3 Å². The van der Waals surface area contributed by atoms with Gasteiger partial charge >= 0.3 is 0 Å². The predicted octanol–water partition coefficient (Wildman–Crippen LogP) is -0.770. The number of nitriles is 5. The molecule has 30 heavy (non-hydrogen) atoms. The van der Waals surface area contributed by atoms with Gasteiger partial charge in [0.1, 0.15) is 57.4 Å². The highest BCUT2D eigenvalue weighted by Crippen LogP contribution is 2.27. The second-order valence-electron chi connectivity index (χ2n) is 5.66. The monoisotopic (exact) mass is 386 g/mol. The van der Waals surface area contributed by atoms with Crippen LogP contribution in [0.5, 0.6) is 0 Å². The van der Waals surface area contributed by atoms with E-state index < -0.39 is 6.04 Å². The van der Waals surface area contributed by atoms with Crippen LogP contribution in [0.4, 0.5) is 5.69 Å². The first kappa shape index (κ1) is 17.8. The van der Waals surface area contributed by atoms with E-state index in [1.54, 1.807) is 24.3 Å². The molecule has 0 saturated heterocycles. The maximum atomic E-state index is 9.33. The summed E-state index contributed by atoms with van der Waals surface area (Å²) >= 11 is 0. The van der Waals surface area contributed by atoms with Crippen LogP contribution in [0.2, 0.25) is 0 Å². The number of aromatic nitrogens is 4. The second-order valence-corrected chi connectivity index (χ2v) is 5.66. The number of hydrogen-bond acceptors (Lipinski definition) is 12. The largest absolute Gasteiger partial charge is 0.257 e. The van der Waals surface area contributed by atoms with E-state index in [9.17, 15) is 26.3 Å². The Morgan fingerprint density at radius 3 is 1.87 bits per heavy atom. The number of rotatable bonds is 0. The maximum absolute atomic E-state index is 9.33. The smallest absolute Gasteiger partial charge is 0.189 e. The Bertz CT molecular complexity index is 1710. The van der Waals surface area contributed by atoms with Gasteiger partial charge in [0.05, 0.1) is 6.07 Å². The summed E-state index contributed by atoms with van der Waals surface area (Å²) in [6, 6.07) is 7.75. The van der Waals surface area contributed by atoms with Crippen LogP contribution >= 0.6 is 0 Å². The summed E-state index contributed by atoms with van der Waals surface area (Å²) in [5, 5.41) is 53.8. The van der Waals surface area contributed by atoms with Crippen LogP contribution in [-0.4, -0.2) is 37.6 Å². The predicted molar refractivity (Wildman–Crippen MR) is 96.5 cm³/mol. The first-order valence-corrected chi connectivity index (χ1v) is 7.91. The Morgan fingerprint density at radius 1 is 0.700 bits per heavy atom. The summed E-state index contributed by atoms with van der Waals surface area (Å²) in [7, 11) is 0. The number of benzene rings is 1. The van der Waals surface area contributed by atoms with Gasteiger partial charge in [-0.25, -0.2) is 24.9 Å². The van der Waals surface area contributed by atoms with Gasteiger partial charge in [-0.05, 0) is 0 Å². The molecular formula is C18H2N12. The van der Waals surface area contributed by atoms with Crippen LogP contribution in [0.3, 0.4) is 0 Å². The van der Waals surface area contributed by atoms with Crippen LogP contribution in [0.25, 0.3) is 22.1 Å². The standard InChI is InChI=1S/C18H2N12/c19-1-7-8(2-20)26-14-13(25-7)15-17(29-10(4-22)9(3-21)27-15)18-16(14)28-11(5-23)12(6-24)30-18/h7,24H. The van der Waals surface area contributed by atoms with Crippen LogP contribution in [0.15, 0.2) is 9.98 Å². The number of nitrogens with one attached hydrogen (secondary N) is 1. The molecule has 0 bridgehead atoms. The lowest BCUT2D eigenvalue weighted by Gasteiger charge is -2.13. The Balaban J connectivity index is 2.40. The number of aliphatic imine (C=N–C) groups is 1. The van der Waals surface area contributed by atoms with Gasteiger partial charge in [-0.1, -0.05) is 0 Å². The number of nitrogens with zero attached hydrogens (tertiary/aromatic N) is 11. The second kappa shape index (κ2) is 6.53. The Hall–Kier alpha value is -5.60. The SMILES string of the molecule is N#CC1=Nc2c(c3nc(C#N)c(C#N)nc3c3nc(=C=N)c(C#N)nc23)=NC1C#N. The molecule has 1 unspecified atom stereocenters. The van der Waals surface area contributed by atoms with E-state index in [0.717, 1.165) is 0 Å². The molecular weight excluding hydrogens is 384 g/mol. The van der Waals surface area contributed by atoms with E-state index in [0.29, 0.717) is 0 Å². The average Bonchev–Trinajstić information content (AvgIpc) is 2.81. The molecule has 0 saturated carbocycles. The van der Waals surface area contributed by atoms with Crippen molar-refractivity contribution in [1.29, 1.82) is 31.7 Å². The minimum absolute atomic E-state index is 0.0174. The highest BCUT2D eigenvalue weighted by atomic mass is 15.0. The first-order valence-electron chi connectivity index (χ1n) is 7.91. The summed E-state index contributed by atoms with van der Waals surface area (Å²) in [4.78, 5) is 25.0. The fourth-order valence-corrected chi connectivity index (χ4v) is 2.85. The molecule has 1 aliphatic rings. The van der Waals surface area contributed by atoms with Gasteiger partial charge in [0.25, 0.3) is 0 Å². The summed E-state index contributed by atoms with van der Waals surface area (Å²) < 4.78 is 0. The zero-order valence-electron chi connectivity index (χ0n) is 14.5. The van der Waals surface area contributed by atoms with Crippen molar-refractivity contribution < 1.29 is 0 Å². The highest BCUT2D eigenvalue weighted by molar-refractivity contribution is 6.11. The van der Waals surface area contributed by atoms with E-state index >= 15 is 0 Å². The minimum atomic E-state index is -1.22. The topological polar surface area (TPSA) is 219 Å². The van der Waals surface area contributed by atoms with Crippen LogP contribution in [0, 0.1) is 62.1 Å². The van der Waals surface area contributed by atoms with Gasteiger partial charge in [-0.3, -0.25) is 10.4 Å². The van der Waals surface area contributed by atoms with Gasteiger partial charge in [-0.15, -0.1) is 0 Å². The van der Waals surface area contributed by atoms with Crippen molar-refractivity contribution in [2.45, 2.75) is 6.04 Å². The lowest BCUT2D eigenvalue weighted by atomic mass is 10.1. The molecule has 0 spiro atoms. The van der Waals surface area contributed by atoms with Crippen molar-refractivity contribution >= 4 is 39.3 Å².